The van der Waals surface area contributed by atoms with Crippen molar-refractivity contribution in [2.24, 2.45) is 0 Å². The van der Waals surface area contributed by atoms with Crippen LogP contribution in [0.25, 0.3) is 5.69 Å². The second-order valence-electron chi connectivity index (χ2n) is 6.32. The molecule has 0 saturated carbocycles. The van der Waals surface area contributed by atoms with Crippen LogP contribution in [0.3, 0.4) is 0 Å². The fourth-order valence-electron chi connectivity index (χ4n) is 3.27. The van der Waals surface area contributed by atoms with Crippen LogP contribution in [0, 0.1) is 24.0 Å². The predicted octanol–water partition coefficient (Wildman–Crippen LogP) is 3.64. The quantitative estimate of drug-likeness (QED) is 0.705. The molecule has 0 aliphatic carbocycles. The van der Waals surface area contributed by atoms with E-state index < -0.39 is 11.6 Å². The molecular weight excluding hydrogens is 364 g/mol. The van der Waals surface area contributed by atoms with E-state index in [1.54, 1.807) is 18.3 Å². The smallest absolute Gasteiger partial charge is 0.226 e. The molecule has 5 nitrogen and oxygen atoms in total. The second kappa shape index (κ2) is 7.16. The molecule has 140 valence electrons. The van der Waals surface area contributed by atoms with Crippen LogP contribution in [-0.2, 0) is 4.79 Å². The van der Waals surface area contributed by atoms with Gasteiger partial charge in [-0.15, -0.1) is 6.42 Å². The lowest BCUT2D eigenvalue weighted by atomic mass is 9.87. The summed E-state index contributed by atoms with van der Waals surface area (Å²) in [6.07, 6.45) is 7.00. The highest BCUT2D eigenvalue weighted by atomic mass is 19.1. The van der Waals surface area contributed by atoms with Crippen molar-refractivity contribution in [2.45, 2.75) is 12.3 Å². The molecule has 1 atom stereocenters. The molecule has 28 heavy (non-hydrogen) atoms. The highest BCUT2D eigenvalue weighted by Crippen LogP contribution is 2.38. The lowest BCUT2D eigenvalue weighted by molar-refractivity contribution is -0.116. The van der Waals surface area contributed by atoms with Gasteiger partial charge in [-0.25, -0.2) is 13.5 Å². The van der Waals surface area contributed by atoms with Crippen molar-refractivity contribution in [2.75, 3.05) is 11.9 Å². The number of amides is 1. The first-order chi connectivity index (χ1) is 13.6. The number of hydrogen-bond donors (Lipinski definition) is 1. The van der Waals surface area contributed by atoms with Gasteiger partial charge >= 0.3 is 0 Å². The summed E-state index contributed by atoms with van der Waals surface area (Å²) in [4.78, 5) is 12.3. The molecule has 0 fully saturated rings. The van der Waals surface area contributed by atoms with E-state index in [9.17, 15) is 13.6 Å². The van der Waals surface area contributed by atoms with Crippen molar-refractivity contribution >= 4 is 11.7 Å². The molecule has 1 aliphatic rings. The molecule has 0 saturated heterocycles. The monoisotopic (exact) mass is 379 g/mol. The summed E-state index contributed by atoms with van der Waals surface area (Å²) in [6, 6.07) is 10.5. The van der Waals surface area contributed by atoms with Crippen molar-refractivity contribution in [3.63, 3.8) is 0 Å². The number of nitrogens with zero attached hydrogens (tertiary/aromatic N) is 2. The molecule has 0 bridgehead atoms. The SMILES string of the molecule is C#CCOc1ccc(C2CC(=O)Nc3c2cnn3-c2ccc(F)cc2F)cc1. The first kappa shape index (κ1) is 17.7. The van der Waals surface area contributed by atoms with Crippen molar-refractivity contribution in [1.82, 2.24) is 9.78 Å². The number of anilines is 1. The van der Waals surface area contributed by atoms with E-state index >= 15 is 0 Å². The summed E-state index contributed by atoms with van der Waals surface area (Å²) in [5.74, 6) is 1.49. The summed E-state index contributed by atoms with van der Waals surface area (Å²) >= 11 is 0. The maximum Gasteiger partial charge on any atom is 0.226 e. The third-order valence-corrected chi connectivity index (χ3v) is 4.56. The van der Waals surface area contributed by atoms with Crippen molar-refractivity contribution in [1.29, 1.82) is 0 Å². The number of aromatic nitrogens is 2. The van der Waals surface area contributed by atoms with Gasteiger partial charge in [0.15, 0.2) is 5.82 Å². The summed E-state index contributed by atoms with van der Waals surface area (Å²) in [5, 5.41) is 6.96. The fraction of sp³-hybridized carbons (Fsp3) is 0.143. The number of halogens is 2. The first-order valence-electron chi connectivity index (χ1n) is 8.56. The van der Waals surface area contributed by atoms with Crippen LogP contribution in [0.5, 0.6) is 5.75 Å². The van der Waals surface area contributed by atoms with Crippen LogP contribution >= 0.6 is 0 Å². The van der Waals surface area contributed by atoms with Crippen LogP contribution in [0.1, 0.15) is 23.5 Å². The molecule has 1 N–H and O–H groups in total. The van der Waals surface area contributed by atoms with E-state index in [0.29, 0.717) is 11.6 Å². The molecule has 1 aliphatic heterocycles. The van der Waals surface area contributed by atoms with E-state index in [-0.39, 0.29) is 30.5 Å². The van der Waals surface area contributed by atoms with E-state index in [1.807, 2.05) is 12.1 Å². The van der Waals surface area contributed by atoms with Crippen LogP contribution < -0.4 is 10.1 Å². The minimum absolute atomic E-state index is 0.0571. The Morgan fingerprint density at radius 3 is 2.75 bits per heavy atom. The highest BCUT2D eigenvalue weighted by molar-refractivity contribution is 5.94. The minimum atomic E-state index is -0.766. The van der Waals surface area contributed by atoms with Gasteiger partial charge in [-0.2, -0.15) is 5.10 Å². The van der Waals surface area contributed by atoms with E-state index in [2.05, 4.69) is 16.3 Å². The Balaban J connectivity index is 1.71. The van der Waals surface area contributed by atoms with Gasteiger partial charge in [0, 0.05) is 24.0 Å². The van der Waals surface area contributed by atoms with Crippen LogP contribution in [0.4, 0.5) is 14.6 Å². The number of carbonyl (C=O) groups is 1. The summed E-state index contributed by atoms with van der Waals surface area (Å²) in [7, 11) is 0. The number of hydrogen-bond acceptors (Lipinski definition) is 3. The van der Waals surface area contributed by atoms with Crippen LogP contribution in [0.2, 0.25) is 0 Å². The molecule has 1 aromatic heterocycles. The lowest BCUT2D eigenvalue weighted by Crippen LogP contribution is -2.24. The number of ether oxygens (including phenoxy) is 1. The maximum absolute atomic E-state index is 14.2. The Morgan fingerprint density at radius 2 is 2.04 bits per heavy atom. The van der Waals surface area contributed by atoms with Gasteiger partial charge in [-0.05, 0) is 29.8 Å². The molecule has 2 aromatic carbocycles. The zero-order valence-electron chi connectivity index (χ0n) is 14.7. The standard InChI is InChI=1S/C21H15F2N3O2/c1-2-9-28-15-6-3-13(4-7-15)16-11-20(27)25-21-17(16)12-24-26(21)19-8-5-14(22)10-18(19)23/h1,3-8,10,12,16H,9,11H2,(H,25,27). The molecule has 3 aromatic rings. The van der Waals surface area contributed by atoms with Gasteiger partial charge in [-0.3, -0.25) is 4.79 Å². The molecule has 7 heteroatoms. The number of benzene rings is 2. The van der Waals surface area contributed by atoms with Gasteiger partial charge in [0.1, 0.15) is 29.7 Å². The molecular formula is C21H15F2N3O2. The number of fused-ring (bicyclic) bond motifs is 1. The third kappa shape index (κ3) is 3.21. The normalized spacial score (nSPS) is 15.5. The van der Waals surface area contributed by atoms with Crippen molar-refractivity contribution in [3.05, 3.63) is 71.4 Å². The van der Waals surface area contributed by atoms with Gasteiger partial charge in [0.05, 0.1) is 6.20 Å². The largest absolute Gasteiger partial charge is 0.481 e. The van der Waals surface area contributed by atoms with Gasteiger partial charge in [0.25, 0.3) is 0 Å². The second-order valence-corrected chi connectivity index (χ2v) is 6.32. The topological polar surface area (TPSA) is 56.1 Å². The molecule has 0 radical (unpaired) electrons. The van der Waals surface area contributed by atoms with Crippen LogP contribution in [-0.4, -0.2) is 22.3 Å². The van der Waals surface area contributed by atoms with Crippen molar-refractivity contribution < 1.29 is 18.3 Å². The van der Waals surface area contributed by atoms with Gasteiger partial charge in [-0.1, -0.05) is 18.1 Å². The Morgan fingerprint density at radius 1 is 1.25 bits per heavy atom. The van der Waals surface area contributed by atoms with Crippen LogP contribution in [0.15, 0.2) is 48.7 Å². The molecule has 1 amide bonds. The Hall–Kier alpha value is -3.66. The average Bonchev–Trinajstić information content (AvgIpc) is 3.09. The predicted molar refractivity (Wildman–Crippen MR) is 99.3 cm³/mol. The number of nitrogens with one attached hydrogen (secondary N) is 1. The maximum atomic E-state index is 14.2. The van der Waals surface area contributed by atoms with Crippen molar-refractivity contribution in [3.8, 4) is 23.8 Å². The summed E-state index contributed by atoms with van der Waals surface area (Å²) < 4.78 is 34.1. The van der Waals surface area contributed by atoms with Gasteiger partial charge < -0.3 is 10.1 Å². The molecule has 2 heterocycles. The zero-order valence-corrected chi connectivity index (χ0v) is 14.7. The molecule has 0 spiro atoms. The summed E-state index contributed by atoms with van der Waals surface area (Å²) in [6.45, 7) is 0.172. The number of carbonyl (C=O) groups excluding carboxylic acids is 1. The van der Waals surface area contributed by atoms with Gasteiger partial charge in [0.2, 0.25) is 5.91 Å². The Bertz CT molecular complexity index is 1080. The average molecular weight is 379 g/mol. The third-order valence-electron chi connectivity index (χ3n) is 4.56. The Kier molecular flexibility index (Phi) is 4.53. The molecule has 1 unspecified atom stereocenters. The van der Waals surface area contributed by atoms with E-state index in [4.69, 9.17) is 11.2 Å². The minimum Gasteiger partial charge on any atom is -0.481 e. The molecule has 4 rings (SSSR count). The highest BCUT2D eigenvalue weighted by Gasteiger charge is 2.31. The number of terminal acetylenes is 1. The zero-order chi connectivity index (χ0) is 19.7. The summed E-state index contributed by atoms with van der Waals surface area (Å²) in [5.41, 5.74) is 1.70. The fourth-order valence-corrected chi connectivity index (χ4v) is 3.27. The van der Waals surface area contributed by atoms with E-state index in [1.165, 1.54) is 10.7 Å². The first-order valence-corrected chi connectivity index (χ1v) is 8.56. The van der Waals surface area contributed by atoms with E-state index in [0.717, 1.165) is 23.3 Å². The number of rotatable bonds is 4. The lowest BCUT2D eigenvalue weighted by Gasteiger charge is -2.24. The Labute approximate surface area is 159 Å².